The zero-order valence-corrected chi connectivity index (χ0v) is 12.3. The Morgan fingerprint density at radius 3 is 2.79 bits per heavy atom. The molecule has 1 aromatic carbocycles. The third kappa shape index (κ3) is 3.28. The molecular weight excluding hydrogens is 265 g/mol. The molecular formula is C15H21ClFNO. The number of nitrogens with one attached hydrogen (secondary N) is 1. The Morgan fingerprint density at radius 2 is 2.16 bits per heavy atom. The standard InChI is InChI=1S/C15H21ClFNO/c1-3-15(4-2)9-18-8-14(19-10-15)12-6-5-11(17)7-13(12)16/h5-7,14,18H,3-4,8-10H2,1-2H3. The molecule has 2 nitrogen and oxygen atoms in total. The van der Waals surface area contributed by atoms with E-state index in [9.17, 15) is 4.39 Å². The van der Waals surface area contributed by atoms with Crippen molar-refractivity contribution >= 4 is 11.6 Å². The minimum Gasteiger partial charge on any atom is -0.372 e. The topological polar surface area (TPSA) is 21.3 Å². The first-order valence-electron chi connectivity index (χ1n) is 6.87. The minimum atomic E-state index is -0.313. The summed E-state index contributed by atoms with van der Waals surface area (Å²) in [5.74, 6) is -0.313. The smallest absolute Gasteiger partial charge is 0.124 e. The second kappa shape index (κ2) is 6.21. The van der Waals surface area contributed by atoms with Crippen molar-refractivity contribution in [2.24, 2.45) is 5.41 Å². The van der Waals surface area contributed by atoms with Crippen LogP contribution in [0.5, 0.6) is 0 Å². The first kappa shape index (κ1) is 14.8. The second-order valence-electron chi connectivity index (χ2n) is 5.30. The van der Waals surface area contributed by atoms with Crippen LogP contribution in [0.25, 0.3) is 0 Å². The number of hydrogen-bond acceptors (Lipinski definition) is 2. The average Bonchev–Trinajstić information content (AvgIpc) is 2.62. The Bertz CT molecular complexity index is 434. The van der Waals surface area contributed by atoms with Gasteiger partial charge in [-0.3, -0.25) is 0 Å². The molecule has 19 heavy (non-hydrogen) atoms. The summed E-state index contributed by atoms with van der Waals surface area (Å²) in [4.78, 5) is 0. The van der Waals surface area contributed by atoms with Gasteiger partial charge in [0.05, 0.1) is 12.7 Å². The third-order valence-corrected chi connectivity index (χ3v) is 4.56. The van der Waals surface area contributed by atoms with E-state index < -0.39 is 0 Å². The molecule has 1 saturated heterocycles. The highest BCUT2D eigenvalue weighted by molar-refractivity contribution is 6.31. The van der Waals surface area contributed by atoms with Crippen molar-refractivity contribution in [2.75, 3.05) is 19.7 Å². The molecule has 0 bridgehead atoms. The normalized spacial score (nSPS) is 23.1. The largest absolute Gasteiger partial charge is 0.372 e. The third-order valence-electron chi connectivity index (χ3n) is 4.23. The monoisotopic (exact) mass is 285 g/mol. The van der Waals surface area contributed by atoms with Gasteiger partial charge in [-0.05, 0) is 25.0 Å². The van der Waals surface area contributed by atoms with Crippen LogP contribution in [-0.2, 0) is 4.74 Å². The lowest BCUT2D eigenvalue weighted by atomic mass is 9.83. The Morgan fingerprint density at radius 1 is 1.42 bits per heavy atom. The molecule has 2 rings (SSSR count). The number of hydrogen-bond donors (Lipinski definition) is 1. The fourth-order valence-electron chi connectivity index (χ4n) is 2.52. The zero-order chi connectivity index (χ0) is 13.9. The van der Waals surface area contributed by atoms with Crippen LogP contribution in [0.3, 0.4) is 0 Å². The molecule has 0 spiro atoms. The van der Waals surface area contributed by atoms with Crippen molar-refractivity contribution < 1.29 is 9.13 Å². The molecule has 4 heteroatoms. The minimum absolute atomic E-state index is 0.104. The second-order valence-corrected chi connectivity index (χ2v) is 5.71. The predicted molar refractivity (Wildman–Crippen MR) is 76.0 cm³/mol. The quantitative estimate of drug-likeness (QED) is 0.908. The van der Waals surface area contributed by atoms with E-state index in [4.69, 9.17) is 16.3 Å². The van der Waals surface area contributed by atoms with Gasteiger partial charge in [-0.1, -0.05) is 31.5 Å². The molecule has 0 amide bonds. The highest BCUT2D eigenvalue weighted by atomic mass is 35.5. The average molecular weight is 286 g/mol. The number of ether oxygens (including phenoxy) is 1. The molecule has 1 N–H and O–H groups in total. The van der Waals surface area contributed by atoms with Gasteiger partial charge in [0, 0.05) is 29.1 Å². The molecule has 0 radical (unpaired) electrons. The van der Waals surface area contributed by atoms with Crippen LogP contribution in [0.4, 0.5) is 4.39 Å². The molecule has 1 heterocycles. The summed E-state index contributed by atoms with van der Waals surface area (Å²) < 4.78 is 19.1. The van der Waals surface area contributed by atoms with Crippen molar-refractivity contribution in [1.82, 2.24) is 5.32 Å². The number of benzene rings is 1. The van der Waals surface area contributed by atoms with Crippen molar-refractivity contribution in [1.29, 1.82) is 0 Å². The summed E-state index contributed by atoms with van der Waals surface area (Å²) in [6.07, 6.45) is 2.06. The molecule has 106 valence electrons. The molecule has 0 aromatic heterocycles. The van der Waals surface area contributed by atoms with E-state index in [0.717, 1.165) is 24.9 Å². The fraction of sp³-hybridized carbons (Fsp3) is 0.600. The van der Waals surface area contributed by atoms with E-state index in [1.807, 2.05) is 0 Å². The van der Waals surface area contributed by atoms with E-state index in [-0.39, 0.29) is 17.3 Å². The van der Waals surface area contributed by atoms with Gasteiger partial charge < -0.3 is 10.1 Å². The van der Waals surface area contributed by atoms with Gasteiger partial charge >= 0.3 is 0 Å². The van der Waals surface area contributed by atoms with Crippen molar-refractivity contribution in [3.63, 3.8) is 0 Å². The Balaban J connectivity index is 2.15. The lowest BCUT2D eigenvalue weighted by Gasteiger charge is -2.29. The van der Waals surface area contributed by atoms with Crippen LogP contribution in [-0.4, -0.2) is 19.7 Å². The maximum absolute atomic E-state index is 13.1. The van der Waals surface area contributed by atoms with E-state index in [1.165, 1.54) is 12.1 Å². The summed E-state index contributed by atoms with van der Waals surface area (Å²) in [5.41, 5.74) is 1.06. The lowest BCUT2D eigenvalue weighted by Crippen LogP contribution is -2.34. The van der Waals surface area contributed by atoms with Crippen LogP contribution in [0.2, 0.25) is 5.02 Å². The molecule has 1 atom stereocenters. The van der Waals surface area contributed by atoms with Gasteiger partial charge in [0.25, 0.3) is 0 Å². The Hall–Kier alpha value is -0.640. The first-order valence-corrected chi connectivity index (χ1v) is 7.25. The molecule has 1 aromatic rings. The van der Waals surface area contributed by atoms with Crippen LogP contribution in [0, 0.1) is 11.2 Å². The highest BCUT2D eigenvalue weighted by Gasteiger charge is 2.31. The van der Waals surface area contributed by atoms with E-state index in [2.05, 4.69) is 19.2 Å². The summed E-state index contributed by atoms with van der Waals surface area (Å²) in [6, 6.07) is 4.50. The van der Waals surface area contributed by atoms with Crippen LogP contribution in [0.1, 0.15) is 38.4 Å². The van der Waals surface area contributed by atoms with Crippen molar-refractivity contribution in [3.05, 3.63) is 34.6 Å². The van der Waals surface area contributed by atoms with Gasteiger partial charge in [0.15, 0.2) is 0 Å². The molecule has 1 aliphatic heterocycles. The Kier molecular flexibility index (Phi) is 4.82. The van der Waals surface area contributed by atoms with E-state index in [0.29, 0.717) is 18.2 Å². The van der Waals surface area contributed by atoms with Gasteiger partial charge in [0.2, 0.25) is 0 Å². The fourth-order valence-corrected chi connectivity index (χ4v) is 2.81. The van der Waals surface area contributed by atoms with E-state index >= 15 is 0 Å². The first-order chi connectivity index (χ1) is 9.10. The van der Waals surface area contributed by atoms with Crippen molar-refractivity contribution in [3.8, 4) is 0 Å². The number of halogens is 2. The zero-order valence-electron chi connectivity index (χ0n) is 11.5. The summed E-state index contributed by atoms with van der Waals surface area (Å²) in [7, 11) is 0. The van der Waals surface area contributed by atoms with Crippen molar-refractivity contribution in [2.45, 2.75) is 32.8 Å². The highest BCUT2D eigenvalue weighted by Crippen LogP contribution is 2.33. The Labute approximate surface area is 119 Å². The molecule has 1 fully saturated rings. The van der Waals surface area contributed by atoms with Crippen LogP contribution in [0.15, 0.2) is 18.2 Å². The summed E-state index contributed by atoms with van der Waals surface area (Å²) >= 11 is 6.11. The summed E-state index contributed by atoms with van der Waals surface area (Å²) in [5, 5.41) is 3.89. The molecule has 0 aliphatic carbocycles. The van der Waals surface area contributed by atoms with E-state index in [1.54, 1.807) is 6.07 Å². The van der Waals surface area contributed by atoms with Gasteiger partial charge in [-0.25, -0.2) is 4.39 Å². The molecule has 0 saturated carbocycles. The molecule has 1 aliphatic rings. The number of rotatable bonds is 3. The van der Waals surface area contributed by atoms with Crippen LogP contribution < -0.4 is 5.32 Å². The van der Waals surface area contributed by atoms with Crippen LogP contribution >= 0.6 is 11.6 Å². The predicted octanol–water partition coefficient (Wildman–Crippen LogP) is 3.95. The summed E-state index contributed by atoms with van der Waals surface area (Å²) in [6.45, 7) is 6.77. The van der Waals surface area contributed by atoms with Gasteiger partial charge in [-0.15, -0.1) is 0 Å². The maximum atomic E-state index is 13.1. The SMILES string of the molecule is CCC1(CC)CNCC(c2ccc(F)cc2Cl)OC1. The lowest BCUT2D eigenvalue weighted by molar-refractivity contribution is 0.0103. The molecule has 1 unspecified atom stereocenters. The maximum Gasteiger partial charge on any atom is 0.124 e. The van der Waals surface area contributed by atoms with Gasteiger partial charge in [0.1, 0.15) is 5.82 Å². The van der Waals surface area contributed by atoms with Gasteiger partial charge in [-0.2, -0.15) is 0 Å².